The van der Waals surface area contributed by atoms with Gasteiger partial charge in [-0.05, 0) is 26.2 Å². The summed E-state index contributed by atoms with van der Waals surface area (Å²) in [7, 11) is 0. The van der Waals surface area contributed by atoms with Crippen LogP contribution < -0.4 is 0 Å². The van der Waals surface area contributed by atoms with Crippen LogP contribution in [-0.4, -0.2) is 20.1 Å². The van der Waals surface area contributed by atoms with Gasteiger partial charge in [0.1, 0.15) is 12.2 Å². The maximum atomic E-state index is 6.15. The van der Waals surface area contributed by atoms with Crippen molar-refractivity contribution in [3.05, 3.63) is 12.2 Å². The maximum Gasteiger partial charge on any atom is 0.138 e. The fourth-order valence-electron chi connectivity index (χ4n) is 2.33. The number of alkyl halides is 1. The van der Waals surface area contributed by atoms with Gasteiger partial charge < -0.3 is 0 Å². The Morgan fingerprint density at radius 2 is 2.50 bits per heavy atom. The van der Waals surface area contributed by atoms with E-state index in [-0.39, 0.29) is 5.41 Å². The van der Waals surface area contributed by atoms with E-state index in [1.54, 1.807) is 6.33 Å². The monoisotopic (exact) mass is 213 g/mol. The topological polar surface area (TPSA) is 30.7 Å². The highest BCUT2D eigenvalue weighted by atomic mass is 35.5. The van der Waals surface area contributed by atoms with Gasteiger partial charge in [-0.3, -0.25) is 0 Å². The number of nitrogens with zero attached hydrogens (tertiary/aromatic N) is 3. The first-order chi connectivity index (χ1) is 6.65. The molecule has 2 atom stereocenters. The third kappa shape index (κ3) is 1.54. The summed E-state index contributed by atoms with van der Waals surface area (Å²) in [4.78, 5) is 4.37. The van der Waals surface area contributed by atoms with Crippen molar-refractivity contribution < 1.29 is 0 Å². The van der Waals surface area contributed by atoms with E-state index in [9.17, 15) is 0 Å². The highest BCUT2D eigenvalue weighted by Crippen LogP contribution is 2.41. The third-order valence-electron chi connectivity index (χ3n) is 3.14. The molecule has 2 unspecified atom stereocenters. The van der Waals surface area contributed by atoms with Crippen molar-refractivity contribution in [3.8, 4) is 0 Å². The molecule has 4 heteroatoms. The third-order valence-corrected chi connectivity index (χ3v) is 3.51. The summed E-state index contributed by atoms with van der Waals surface area (Å²) in [5.74, 6) is 1.10. The largest absolute Gasteiger partial charge is 0.250 e. The number of halogens is 1. The van der Waals surface area contributed by atoms with E-state index < -0.39 is 0 Å². The summed E-state index contributed by atoms with van der Waals surface area (Å²) < 4.78 is 1.98. The predicted octanol–water partition coefficient (Wildman–Crippen LogP) is 2.35. The van der Waals surface area contributed by atoms with Crippen molar-refractivity contribution in [3.63, 3.8) is 0 Å². The van der Waals surface area contributed by atoms with Crippen LogP contribution in [0, 0.1) is 0 Å². The smallest absolute Gasteiger partial charge is 0.138 e. The van der Waals surface area contributed by atoms with Crippen LogP contribution in [-0.2, 0) is 12.0 Å². The van der Waals surface area contributed by atoms with Gasteiger partial charge in [0.05, 0.1) is 0 Å². The van der Waals surface area contributed by atoms with Crippen molar-refractivity contribution in [1.29, 1.82) is 0 Å². The van der Waals surface area contributed by atoms with E-state index in [0.717, 1.165) is 31.6 Å². The van der Waals surface area contributed by atoms with Crippen LogP contribution in [0.25, 0.3) is 0 Å². The van der Waals surface area contributed by atoms with E-state index >= 15 is 0 Å². The molecule has 0 amide bonds. The van der Waals surface area contributed by atoms with E-state index in [1.807, 2.05) is 4.68 Å². The quantitative estimate of drug-likeness (QED) is 0.707. The minimum Gasteiger partial charge on any atom is -0.250 e. The molecule has 1 fully saturated rings. The zero-order valence-corrected chi connectivity index (χ0v) is 9.46. The van der Waals surface area contributed by atoms with E-state index in [0.29, 0.717) is 5.38 Å². The lowest BCUT2D eigenvalue weighted by molar-refractivity contribution is 0.422. The predicted molar refractivity (Wildman–Crippen MR) is 56.5 cm³/mol. The maximum absolute atomic E-state index is 6.15. The molecule has 0 bridgehead atoms. The summed E-state index contributed by atoms with van der Waals surface area (Å²) >= 11 is 6.15. The second kappa shape index (κ2) is 3.54. The van der Waals surface area contributed by atoms with Gasteiger partial charge in [-0.1, -0.05) is 6.92 Å². The van der Waals surface area contributed by atoms with Gasteiger partial charge >= 0.3 is 0 Å². The Labute approximate surface area is 89.5 Å². The standard InChI is InChI=1S/C10H16ClN3/c1-3-14-9(12-7-13-14)10(2)5-4-8(11)6-10/h7-8H,3-6H2,1-2H3. The number of hydrogen-bond acceptors (Lipinski definition) is 2. The van der Waals surface area contributed by atoms with Gasteiger partial charge in [-0.25, -0.2) is 9.67 Å². The van der Waals surface area contributed by atoms with Crippen molar-refractivity contribution in [1.82, 2.24) is 14.8 Å². The van der Waals surface area contributed by atoms with Gasteiger partial charge in [-0.2, -0.15) is 5.10 Å². The second-order valence-electron chi connectivity index (χ2n) is 4.30. The Morgan fingerprint density at radius 3 is 3.07 bits per heavy atom. The lowest BCUT2D eigenvalue weighted by Gasteiger charge is -2.22. The minimum atomic E-state index is 0.138. The lowest BCUT2D eigenvalue weighted by atomic mass is 9.88. The molecule has 2 rings (SSSR count). The first-order valence-corrected chi connectivity index (χ1v) is 5.62. The molecule has 0 N–H and O–H groups in total. The lowest BCUT2D eigenvalue weighted by Crippen LogP contribution is -2.24. The van der Waals surface area contributed by atoms with Crippen molar-refractivity contribution in [2.24, 2.45) is 0 Å². The van der Waals surface area contributed by atoms with E-state index in [1.165, 1.54) is 0 Å². The highest BCUT2D eigenvalue weighted by Gasteiger charge is 2.39. The van der Waals surface area contributed by atoms with Gasteiger partial charge in [0.2, 0.25) is 0 Å². The molecule has 0 aliphatic heterocycles. The number of hydrogen-bond donors (Lipinski definition) is 0. The zero-order chi connectivity index (χ0) is 10.2. The fraction of sp³-hybridized carbons (Fsp3) is 0.800. The van der Waals surface area contributed by atoms with Crippen LogP contribution in [0.2, 0.25) is 0 Å². The molecular formula is C10H16ClN3. The molecule has 14 heavy (non-hydrogen) atoms. The van der Waals surface area contributed by atoms with Crippen LogP contribution in [0.3, 0.4) is 0 Å². The molecule has 0 spiro atoms. The molecule has 3 nitrogen and oxygen atoms in total. The van der Waals surface area contributed by atoms with Crippen LogP contribution in [0.1, 0.15) is 38.9 Å². The summed E-state index contributed by atoms with van der Waals surface area (Å²) in [6.07, 6.45) is 4.88. The van der Waals surface area contributed by atoms with Gasteiger partial charge in [-0.15, -0.1) is 11.6 Å². The summed E-state index contributed by atoms with van der Waals surface area (Å²) in [5.41, 5.74) is 0.138. The fourth-order valence-corrected chi connectivity index (χ4v) is 2.78. The minimum absolute atomic E-state index is 0.138. The molecule has 0 saturated heterocycles. The number of rotatable bonds is 2. The molecule has 1 heterocycles. The summed E-state index contributed by atoms with van der Waals surface area (Å²) in [5, 5.41) is 4.52. The van der Waals surface area contributed by atoms with Crippen LogP contribution in [0.15, 0.2) is 6.33 Å². The average molecular weight is 214 g/mol. The SMILES string of the molecule is CCn1ncnc1C1(C)CCC(Cl)C1. The summed E-state index contributed by atoms with van der Waals surface area (Å²) in [6.45, 7) is 5.22. The molecule has 0 aromatic carbocycles. The van der Waals surface area contributed by atoms with Crippen molar-refractivity contribution in [2.75, 3.05) is 0 Å². The zero-order valence-electron chi connectivity index (χ0n) is 8.70. The Bertz CT molecular complexity index is 323. The van der Waals surface area contributed by atoms with Gasteiger partial charge in [0.25, 0.3) is 0 Å². The van der Waals surface area contributed by atoms with E-state index in [2.05, 4.69) is 23.9 Å². The molecule has 1 saturated carbocycles. The molecule has 1 aromatic heterocycles. The Balaban J connectivity index is 2.30. The Hall–Kier alpha value is -0.570. The molecule has 78 valence electrons. The Kier molecular flexibility index (Phi) is 2.52. The number of aromatic nitrogens is 3. The molecular weight excluding hydrogens is 198 g/mol. The molecule has 1 aliphatic rings. The molecule has 1 aromatic rings. The average Bonchev–Trinajstić information content (AvgIpc) is 2.73. The van der Waals surface area contributed by atoms with Gasteiger partial charge in [0, 0.05) is 17.3 Å². The molecule has 0 radical (unpaired) electrons. The van der Waals surface area contributed by atoms with Crippen LogP contribution in [0.4, 0.5) is 0 Å². The Morgan fingerprint density at radius 1 is 1.71 bits per heavy atom. The van der Waals surface area contributed by atoms with Crippen molar-refractivity contribution >= 4 is 11.6 Å². The second-order valence-corrected chi connectivity index (χ2v) is 4.92. The van der Waals surface area contributed by atoms with Crippen LogP contribution >= 0.6 is 11.6 Å². The first-order valence-electron chi connectivity index (χ1n) is 5.18. The first kappa shape index (κ1) is 9.97. The van der Waals surface area contributed by atoms with Crippen LogP contribution in [0.5, 0.6) is 0 Å². The molecule has 1 aliphatic carbocycles. The van der Waals surface area contributed by atoms with E-state index in [4.69, 9.17) is 11.6 Å². The highest BCUT2D eigenvalue weighted by molar-refractivity contribution is 6.20. The van der Waals surface area contributed by atoms with Crippen molar-refractivity contribution in [2.45, 2.75) is 50.4 Å². The normalized spacial score (nSPS) is 32.4. The number of aryl methyl sites for hydroxylation is 1. The summed E-state index contributed by atoms with van der Waals surface area (Å²) in [6, 6.07) is 0. The van der Waals surface area contributed by atoms with Gasteiger partial charge in [0.15, 0.2) is 0 Å².